The Morgan fingerprint density at radius 3 is 2.62 bits per heavy atom. The summed E-state index contributed by atoms with van der Waals surface area (Å²) in [6.45, 7) is 7.18. The van der Waals surface area contributed by atoms with Crippen molar-refractivity contribution in [2.75, 3.05) is 0 Å². The van der Waals surface area contributed by atoms with Crippen molar-refractivity contribution < 1.29 is 4.79 Å². The highest BCUT2D eigenvalue weighted by Gasteiger charge is 2.04. The fraction of sp³-hybridized carbons (Fsp3) is 0.417. The Bertz CT molecular complexity index is 211. The van der Waals surface area contributed by atoms with Crippen LogP contribution >= 0.6 is 0 Å². The first-order chi connectivity index (χ1) is 6.18. The zero-order valence-electron chi connectivity index (χ0n) is 8.49. The van der Waals surface area contributed by atoms with E-state index in [-0.39, 0.29) is 11.7 Å². The summed E-state index contributed by atoms with van der Waals surface area (Å²) in [6.07, 6.45) is 11.5. The standard InChI is InChI=1S/C12H18O/c1-4-5-6-7-8-9-10-11(2)12(3)13/h4-8,11H,1,9-10H2,2-3H3/b6-5-,8-7-. The van der Waals surface area contributed by atoms with Crippen LogP contribution in [0.25, 0.3) is 0 Å². The quantitative estimate of drug-likeness (QED) is 0.570. The second kappa shape index (κ2) is 7.53. The first kappa shape index (κ1) is 11.9. The molecule has 0 rings (SSSR count). The zero-order chi connectivity index (χ0) is 10.1. The Hall–Kier alpha value is -1.11. The van der Waals surface area contributed by atoms with Crippen molar-refractivity contribution in [2.24, 2.45) is 5.92 Å². The lowest BCUT2D eigenvalue weighted by atomic mass is 10.0. The summed E-state index contributed by atoms with van der Waals surface area (Å²) in [5, 5.41) is 0. The van der Waals surface area contributed by atoms with Crippen LogP contribution in [0.15, 0.2) is 37.0 Å². The van der Waals surface area contributed by atoms with E-state index in [0.29, 0.717) is 0 Å². The van der Waals surface area contributed by atoms with Crippen LogP contribution in [0.5, 0.6) is 0 Å². The molecule has 0 aliphatic heterocycles. The first-order valence-electron chi connectivity index (χ1n) is 4.63. The van der Waals surface area contributed by atoms with E-state index in [2.05, 4.69) is 12.7 Å². The molecular weight excluding hydrogens is 160 g/mol. The number of hydrogen-bond acceptors (Lipinski definition) is 1. The van der Waals surface area contributed by atoms with Gasteiger partial charge in [-0.15, -0.1) is 0 Å². The van der Waals surface area contributed by atoms with E-state index in [9.17, 15) is 4.79 Å². The summed E-state index contributed by atoms with van der Waals surface area (Å²) >= 11 is 0. The SMILES string of the molecule is C=C/C=C\C=C/CCC(C)C(C)=O. The summed E-state index contributed by atoms with van der Waals surface area (Å²) in [4.78, 5) is 10.9. The number of carbonyl (C=O) groups is 1. The van der Waals surface area contributed by atoms with Crippen LogP contribution in [0.2, 0.25) is 0 Å². The third-order valence-electron chi connectivity index (χ3n) is 1.95. The topological polar surface area (TPSA) is 17.1 Å². The third-order valence-corrected chi connectivity index (χ3v) is 1.95. The van der Waals surface area contributed by atoms with Gasteiger partial charge in [0.15, 0.2) is 0 Å². The molecule has 72 valence electrons. The lowest BCUT2D eigenvalue weighted by Gasteiger charge is -2.02. The molecule has 13 heavy (non-hydrogen) atoms. The average Bonchev–Trinajstić information content (AvgIpc) is 2.10. The van der Waals surface area contributed by atoms with E-state index in [0.717, 1.165) is 12.8 Å². The highest BCUT2D eigenvalue weighted by atomic mass is 16.1. The minimum atomic E-state index is 0.188. The summed E-state index contributed by atoms with van der Waals surface area (Å²) in [7, 11) is 0. The maximum Gasteiger partial charge on any atom is 0.132 e. The number of Topliss-reactive ketones (excluding diaryl/α,β-unsaturated/α-hetero) is 1. The Morgan fingerprint density at radius 2 is 2.08 bits per heavy atom. The maximum atomic E-state index is 10.9. The fourth-order valence-corrected chi connectivity index (χ4v) is 0.867. The van der Waals surface area contributed by atoms with Crippen LogP contribution in [0, 0.1) is 5.92 Å². The molecule has 0 aliphatic rings. The van der Waals surface area contributed by atoms with Gasteiger partial charge in [-0.2, -0.15) is 0 Å². The number of allylic oxidation sites excluding steroid dienone is 5. The van der Waals surface area contributed by atoms with E-state index in [1.807, 2.05) is 25.2 Å². The number of rotatable bonds is 6. The number of carbonyl (C=O) groups excluding carboxylic acids is 1. The van der Waals surface area contributed by atoms with Crippen LogP contribution in [0.3, 0.4) is 0 Å². The van der Waals surface area contributed by atoms with Gasteiger partial charge in [-0.1, -0.05) is 43.9 Å². The van der Waals surface area contributed by atoms with Crippen LogP contribution in [-0.2, 0) is 4.79 Å². The fourth-order valence-electron chi connectivity index (χ4n) is 0.867. The Balaban J connectivity index is 3.55. The van der Waals surface area contributed by atoms with Gasteiger partial charge in [-0.05, 0) is 19.8 Å². The van der Waals surface area contributed by atoms with Crippen molar-refractivity contribution in [1.29, 1.82) is 0 Å². The first-order valence-corrected chi connectivity index (χ1v) is 4.63. The van der Waals surface area contributed by atoms with Gasteiger partial charge in [-0.25, -0.2) is 0 Å². The predicted octanol–water partition coefficient (Wildman–Crippen LogP) is 3.29. The molecule has 1 heteroatoms. The van der Waals surface area contributed by atoms with E-state index in [1.54, 1.807) is 13.0 Å². The van der Waals surface area contributed by atoms with Gasteiger partial charge in [0.05, 0.1) is 0 Å². The highest BCUT2D eigenvalue weighted by Crippen LogP contribution is 2.06. The van der Waals surface area contributed by atoms with Crippen molar-refractivity contribution >= 4 is 5.78 Å². The lowest BCUT2D eigenvalue weighted by molar-refractivity contribution is -0.120. The van der Waals surface area contributed by atoms with Crippen molar-refractivity contribution in [3.8, 4) is 0 Å². The van der Waals surface area contributed by atoms with Crippen LogP contribution in [0.4, 0.5) is 0 Å². The molecule has 0 aliphatic carbocycles. The third kappa shape index (κ3) is 7.26. The molecule has 0 aromatic carbocycles. The van der Waals surface area contributed by atoms with Gasteiger partial charge in [0.25, 0.3) is 0 Å². The summed E-state index contributed by atoms with van der Waals surface area (Å²) in [5.41, 5.74) is 0. The molecule has 0 fully saturated rings. The van der Waals surface area contributed by atoms with Gasteiger partial charge >= 0.3 is 0 Å². The monoisotopic (exact) mass is 178 g/mol. The molecule has 0 aromatic heterocycles. The molecule has 0 heterocycles. The second-order valence-corrected chi connectivity index (χ2v) is 3.14. The molecule has 0 spiro atoms. The van der Waals surface area contributed by atoms with Gasteiger partial charge in [0.2, 0.25) is 0 Å². The Kier molecular flexibility index (Phi) is 6.89. The molecule has 0 N–H and O–H groups in total. The van der Waals surface area contributed by atoms with E-state index in [1.165, 1.54) is 0 Å². The normalized spacial score (nSPS) is 13.7. The minimum absolute atomic E-state index is 0.188. The van der Waals surface area contributed by atoms with Crippen LogP contribution in [0.1, 0.15) is 26.7 Å². The van der Waals surface area contributed by atoms with E-state index in [4.69, 9.17) is 0 Å². The number of ketones is 1. The van der Waals surface area contributed by atoms with Gasteiger partial charge in [0.1, 0.15) is 5.78 Å². The second-order valence-electron chi connectivity index (χ2n) is 3.14. The van der Waals surface area contributed by atoms with Gasteiger partial charge in [0, 0.05) is 5.92 Å². The van der Waals surface area contributed by atoms with Crippen LogP contribution < -0.4 is 0 Å². The maximum absolute atomic E-state index is 10.9. The molecule has 0 radical (unpaired) electrons. The van der Waals surface area contributed by atoms with Gasteiger partial charge in [-0.3, -0.25) is 4.79 Å². The summed E-state index contributed by atoms with van der Waals surface area (Å²) < 4.78 is 0. The summed E-state index contributed by atoms with van der Waals surface area (Å²) in [6, 6.07) is 0. The smallest absolute Gasteiger partial charge is 0.132 e. The largest absolute Gasteiger partial charge is 0.300 e. The molecule has 0 bridgehead atoms. The van der Waals surface area contributed by atoms with Crippen molar-refractivity contribution in [2.45, 2.75) is 26.7 Å². The molecule has 0 saturated heterocycles. The molecular formula is C12H18O. The Labute approximate surface area is 80.8 Å². The molecule has 1 atom stereocenters. The van der Waals surface area contributed by atoms with Crippen molar-refractivity contribution in [3.63, 3.8) is 0 Å². The van der Waals surface area contributed by atoms with E-state index >= 15 is 0 Å². The van der Waals surface area contributed by atoms with Crippen molar-refractivity contribution in [1.82, 2.24) is 0 Å². The molecule has 1 unspecified atom stereocenters. The van der Waals surface area contributed by atoms with Crippen LogP contribution in [-0.4, -0.2) is 5.78 Å². The predicted molar refractivity (Wildman–Crippen MR) is 57.6 cm³/mol. The number of hydrogen-bond donors (Lipinski definition) is 0. The highest BCUT2D eigenvalue weighted by molar-refractivity contribution is 5.77. The van der Waals surface area contributed by atoms with E-state index < -0.39 is 0 Å². The summed E-state index contributed by atoms with van der Waals surface area (Å²) in [5.74, 6) is 0.461. The molecule has 0 amide bonds. The Morgan fingerprint density at radius 1 is 1.38 bits per heavy atom. The molecule has 0 saturated carbocycles. The van der Waals surface area contributed by atoms with Crippen molar-refractivity contribution in [3.05, 3.63) is 37.0 Å². The lowest BCUT2D eigenvalue weighted by Crippen LogP contribution is -2.04. The zero-order valence-corrected chi connectivity index (χ0v) is 8.49. The molecule has 0 aromatic rings. The van der Waals surface area contributed by atoms with Gasteiger partial charge < -0.3 is 0 Å². The minimum Gasteiger partial charge on any atom is -0.300 e. The molecule has 1 nitrogen and oxygen atoms in total. The average molecular weight is 178 g/mol.